The number of nitrogen functional groups attached to an aromatic ring is 1. The molecular formula is C20H19ClN4S. The average Bonchev–Trinajstić information content (AvgIpc) is 2.98. The van der Waals surface area contributed by atoms with Crippen LogP contribution in [0.5, 0.6) is 0 Å². The van der Waals surface area contributed by atoms with Crippen LogP contribution in [0.15, 0.2) is 52.9 Å². The third kappa shape index (κ3) is 3.20. The van der Waals surface area contributed by atoms with Crippen LogP contribution in [0.1, 0.15) is 29.3 Å². The molecule has 1 aliphatic heterocycles. The molecule has 2 heterocycles. The zero-order chi connectivity index (χ0) is 18.3. The van der Waals surface area contributed by atoms with Gasteiger partial charge in [0.15, 0.2) is 0 Å². The molecule has 0 amide bonds. The molecule has 0 saturated heterocycles. The molecule has 0 radical (unpaired) electrons. The van der Waals surface area contributed by atoms with E-state index >= 15 is 0 Å². The van der Waals surface area contributed by atoms with Gasteiger partial charge in [-0.25, -0.2) is 9.99 Å². The van der Waals surface area contributed by atoms with Crippen LogP contribution in [-0.4, -0.2) is 16.7 Å². The van der Waals surface area contributed by atoms with Crippen LogP contribution in [-0.2, 0) is 6.42 Å². The quantitative estimate of drug-likeness (QED) is 0.642. The maximum absolute atomic E-state index is 6.30. The van der Waals surface area contributed by atoms with E-state index in [1.165, 1.54) is 5.56 Å². The maximum Gasteiger partial charge on any atom is 0.206 e. The van der Waals surface area contributed by atoms with Crippen molar-refractivity contribution in [1.29, 1.82) is 0 Å². The Balaban J connectivity index is 1.91. The number of rotatable bonds is 2. The number of hydrogen-bond acceptors (Lipinski definition) is 5. The number of benzene rings is 2. The van der Waals surface area contributed by atoms with Crippen LogP contribution in [0, 0.1) is 6.92 Å². The fraction of sp³-hybridized carbons (Fsp3) is 0.200. The van der Waals surface area contributed by atoms with E-state index in [1.54, 1.807) is 11.3 Å². The van der Waals surface area contributed by atoms with Crippen molar-refractivity contribution in [3.05, 3.63) is 75.3 Å². The molecule has 26 heavy (non-hydrogen) atoms. The lowest BCUT2D eigenvalue weighted by molar-refractivity contribution is 0.655. The van der Waals surface area contributed by atoms with Crippen molar-refractivity contribution in [1.82, 2.24) is 4.98 Å². The Kier molecular flexibility index (Phi) is 4.42. The Labute approximate surface area is 161 Å². The Morgan fingerprint density at radius 2 is 1.96 bits per heavy atom. The lowest BCUT2D eigenvalue weighted by Gasteiger charge is -2.22. The highest BCUT2D eigenvalue weighted by molar-refractivity contribution is 7.13. The monoisotopic (exact) mass is 382 g/mol. The van der Waals surface area contributed by atoms with Gasteiger partial charge in [-0.15, -0.1) is 11.3 Å². The minimum absolute atomic E-state index is 0.187. The molecule has 1 aromatic heterocycles. The number of aromatic nitrogens is 1. The van der Waals surface area contributed by atoms with Crippen LogP contribution in [0.25, 0.3) is 0 Å². The van der Waals surface area contributed by atoms with E-state index in [0.29, 0.717) is 5.02 Å². The van der Waals surface area contributed by atoms with E-state index in [9.17, 15) is 0 Å². The number of halogens is 1. The number of nitrogens with zero attached hydrogens (tertiary/aromatic N) is 3. The second-order valence-electron chi connectivity index (χ2n) is 6.54. The molecule has 2 N–H and O–H groups in total. The van der Waals surface area contributed by atoms with Gasteiger partial charge >= 0.3 is 0 Å². The summed E-state index contributed by atoms with van der Waals surface area (Å²) in [4.78, 5) is 4.64. The summed E-state index contributed by atoms with van der Waals surface area (Å²) in [6, 6.07) is 14.0. The van der Waals surface area contributed by atoms with Crippen molar-refractivity contribution in [2.24, 2.45) is 5.10 Å². The summed E-state index contributed by atoms with van der Waals surface area (Å²) in [6.07, 6.45) is 0.868. The average molecular weight is 383 g/mol. The van der Waals surface area contributed by atoms with Crippen molar-refractivity contribution in [3.63, 3.8) is 0 Å². The van der Waals surface area contributed by atoms with E-state index in [1.807, 2.05) is 48.3 Å². The van der Waals surface area contributed by atoms with Gasteiger partial charge in [-0.3, -0.25) is 0 Å². The minimum atomic E-state index is 0.187. The fourth-order valence-electron chi connectivity index (χ4n) is 3.14. The minimum Gasteiger partial charge on any atom is -0.399 e. The zero-order valence-electron chi connectivity index (χ0n) is 14.6. The fourth-order valence-corrected chi connectivity index (χ4v) is 4.17. The number of nitrogens with two attached hydrogens (primary N) is 1. The van der Waals surface area contributed by atoms with Crippen molar-refractivity contribution in [2.45, 2.75) is 26.3 Å². The number of hydrogen-bond donors (Lipinski definition) is 1. The van der Waals surface area contributed by atoms with Crippen molar-refractivity contribution in [3.8, 4) is 0 Å². The Morgan fingerprint density at radius 1 is 1.19 bits per heavy atom. The summed E-state index contributed by atoms with van der Waals surface area (Å²) in [5.41, 5.74) is 11.8. The number of aryl methyl sites for hydroxylation is 1. The Hall–Kier alpha value is -2.37. The highest BCUT2D eigenvalue weighted by atomic mass is 35.5. The molecule has 0 spiro atoms. The predicted octanol–water partition coefficient (Wildman–Crippen LogP) is 4.89. The van der Waals surface area contributed by atoms with E-state index in [2.05, 4.69) is 23.4 Å². The van der Waals surface area contributed by atoms with Crippen LogP contribution >= 0.6 is 22.9 Å². The first kappa shape index (κ1) is 17.1. The van der Waals surface area contributed by atoms with Gasteiger partial charge in [-0.05, 0) is 50.1 Å². The molecule has 4 rings (SSSR count). The first-order valence-corrected chi connectivity index (χ1v) is 9.71. The highest BCUT2D eigenvalue weighted by Gasteiger charge is 2.25. The van der Waals surface area contributed by atoms with Gasteiger partial charge in [0.25, 0.3) is 0 Å². The molecule has 4 nitrogen and oxygen atoms in total. The van der Waals surface area contributed by atoms with Crippen LogP contribution in [0.4, 0.5) is 10.8 Å². The largest absolute Gasteiger partial charge is 0.399 e. The molecule has 0 aliphatic carbocycles. The summed E-state index contributed by atoms with van der Waals surface area (Å²) in [7, 11) is 0. The molecule has 1 aliphatic rings. The summed E-state index contributed by atoms with van der Waals surface area (Å²) < 4.78 is 0. The molecule has 6 heteroatoms. The predicted molar refractivity (Wildman–Crippen MR) is 110 cm³/mol. The zero-order valence-corrected chi connectivity index (χ0v) is 16.2. The molecular weight excluding hydrogens is 364 g/mol. The Bertz CT molecular complexity index is 978. The van der Waals surface area contributed by atoms with E-state index < -0.39 is 0 Å². The number of fused-ring (bicyclic) bond motifs is 1. The molecule has 132 valence electrons. The van der Waals surface area contributed by atoms with Gasteiger partial charge in [0.05, 0.1) is 17.4 Å². The number of hydrazone groups is 1. The lowest BCUT2D eigenvalue weighted by Crippen LogP contribution is -2.29. The van der Waals surface area contributed by atoms with Crippen LogP contribution < -0.4 is 10.7 Å². The third-order valence-corrected chi connectivity index (χ3v) is 5.64. The topological polar surface area (TPSA) is 54.5 Å². The maximum atomic E-state index is 6.30. The highest BCUT2D eigenvalue weighted by Crippen LogP contribution is 2.31. The van der Waals surface area contributed by atoms with Crippen molar-refractivity contribution in [2.75, 3.05) is 10.7 Å². The standard InChI is InChI=1S/C20H19ClN4S/c1-12-11-26-20(23-12)25-13(2)9-15-3-6-16(21)10-18(15)19(24-25)14-4-7-17(22)8-5-14/h3-8,10-11,13H,9,22H2,1-2H3. The summed E-state index contributed by atoms with van der Waals surface area (Å²) in [6.45, 7) is 4.17. The Morgan fingerprint density at radius 3 is 2.65 bits per heavy atom. The normalized spacial score (nSPS) is 16.8. The van der Waals surface area contributed by atoms with Crippen molar-refractivity contribution < 1.29 is 0 Å². The van der Waals surface area contributed by atoms with Gasteiger partial charge in [0.1, 0.15) is 0 Å². The van der Waals surface area contributed by atoms with Gasteiger partial charge in [-0.2, -0.15) is 5.10 Å². The van der Waals surface area contributed by atoms with Gasteiger partial charge in [0, 0.05) is 27.2 Å². The summed E-state index contributed by atoms with van der Waals surface area (Å²) in [5.74, 6) is 0. The first-order valence-electron chi connectivity index (χ1n) is 8.46. The molecule has 2 aromatic carbocycles. The van der Waals surface area contributed by atoms with E-state index in [-0.39, 0.29) is 6.04 Å². The van der Waals surface area contributed by atoms with Crippen LogP contribution in [0.3, 0.4) is 0 Å². The number of thiazole rings is 1. The smallest absolute Gasteiger partial charge is 0.206 e. The SMILES string of the molecule is Cc1csc(N2N=C(c3ccc(N)cc3)c3cc(Cl)ccc3CC2C)n1. The van der Waals surface area contributed by atoms with Gasteiger partial charge < -0.3 is 5.73 Å². The molecule has 0 saturated carbocycles. The molecule has 1 unspecified atom stereocenters. The summed E-state index contributed by atoms with van der Waals surface area (Å²) >= 11 is 7.91. The van der Waals surface area contributed by atoms with Crippen molar-refractivity contribution >= 4 is 39.5 Å². The van der Waals surface area contributed by atoms with E-state index in [0.717, 1.165) is 39.8 Å². The third-order valence-electron chi connectivity index (χ3n) is 4.45. The second kappa shape index (κ2) is 6.74. The van der Waals surface area contributed by atoms with E-state index in [4.69, 9.17) is 22.4 Å². The molecule has 3 aromatic rings. The summed E-state index contributed by atoms with van der Waals surface area (Å²) in [5, 5.41) is 10.7. The molecule has 0 fully saturated rings. The van der Waals surface area contributed by atoms with Gasteiger partial charge in [0.2, 0.25) is 5.13 Å². The molecule has 1 atom stereocenters. The first-order chi connectivity index (χ1) is 12.5. The molecule has 0 bridgehead atoms. The van der Waals surface area contributed by atoms with Crippen LogP contribution in [0.2, 0.25) is 5.02 Å². The number of anilines is 2. The second-order valence-corrected chi connectivity index (χ2v) is 7.81. The lowest BCUT2D eigenvalue weighted by atomic mass is 9.95. The van der Waals surface area contributed by atoms with Gasteiger partial charge in [-0.1, -0.05) is 29.8 Å².